The maximum absolute atomic E-state index is 12.2. The number of halogens is 1. The second-order valence-electron chi connectivity index (χ2n) is 3.86. The highest BCUT2D eigenvalue weighted by Gasteiger charge is 2.15. The molecule has 2 heterocycles. The van der Waals surface area contributed by atoms with Gasteiger partial charge in [-0.3, -0.25) is 9.89 Å². The Labute approximate surface area is 117 Å². The van der Waals surface area contributed by atoms with Crippen LogP contribution in [0.3, 0.4) is 0 Å². The molecule has 0 atom stereocenters. The first-order valence-corrected chi connectivity index (χ1v) is 6.40. The zero-order chi connectivity index (χ0) is 13.2. The third kappa shape index (κ3) is 2.10. The van der Waals surface area contributed by atoms with Crippen molar-refractivity contribution >= 4 is 15.9 Å². The van der Waals surface area contributed by atoms with E-state index in [4.69, 9.17) is 0 Å². The second-order valence-corrected chi connectivity index (χ2v) is 4.65. The smallest absolute Gasteiger partial charge is 0.286 e. The van der Waals surface area contributed by atoms with Gasteiger partial charge in [0.05, 0.1) is 5.69 Å². The predicted octanol–water partition coefficient (Wildman–Crippen LogP) is 2.39. The lowest BCUT2D eigenvalue weighted by Gasteiger charge is -1.99. The molecule has 0 amide bonds. The second kappa shape index (κ2) is 4.81. The Morgan fingerprint density at radius 2 is 1.74 bits per heavy atom. The van der Waals surface area contributed by atoms with Crippen molar-refractivity contribution in [1.82, 2.24) is 19.7 Å². The van der Waals surface area contributed by atoms with Gasteiger partial charge < -0.3 is 0 Å². The highest BCUT2D eigenvalue weighted by molar-refractivity contribution is 9.10. The molecule has 0 saturated heterocycles. The van der Waals surface area contributed by atoms with Crippen LogP contribution in [0.15, 0.2) is 58.1 Å². The van der Waals surface area contributed by atoms with Gasteiger partial charge in [0.1, 0.15) is 4.47 Å². The third-order valence-electron chi connectivity index (χ3n) is 2.65. The van der Waals surface area contributed by atoms with E-state index in [2.05, 4.69) is 31.0 Å². The molecule has 0 saturated carbocycles. The Morgan fingerprint density at radius 1 is 1.05 bits per heavy atom. The number of benzene rings is 1. The highest BCUT2D eigenvalue weighted by Crippen LogP contribution is 2.23. The van der Waals surface area contributed by atoms with Crippen LogP contribution in [-0.2, 0) is 0 Å². The summed E-state index contributed by atoms with van der Waals surface area (Å²) in [6.45, 7) is 0. The number of hydrogen-bond donors (Lipinski definition) is 1. The molecule has 5 nitrogen and oxygen atoms in total. The van der Waals surface area contributed by atoms with E-state index in [1.54, 1.807) is 18.5 Å². The molecule has 3 rings (SSSR count). The number of nitrogens with zero attached hydrogens (tertiary/aromatic N) is 3. The van der Waals surface area contributed by atoms with Gasteiger partial charge in [0.25, 0.3) is 11.5 Å². The molecular weight excluding hydrogens is 308 g/mol. The van der Waals surface area contributed by atoms with Gasteiger partial charge in [-0.05, 0) is 22.0 Å². The van der Waals surface area contributed by atoms with E-state index in [-0.39, 0.29) is 5.56 Å². The van der Waals surface area contributed by atoms with Crippen LogP contribution in [0.25, 0.3) is 17.2 Å². The highest BCUT2D eigenvalue weighted by atomic mass is 79.9. The van der Waals surface area contributed by atoms with Crippen molar-refractivity contribution in [3.8, 4) is 17.2 Å². The van der Waals surface area contributed by atoms with Crippen LogP contribution in [0, 0.1) is 0 Å². The molecule has 0 spiro atoms. The number of H-pyrrole nitrogens is 1. The maximum atomic E-state index is 12.2. The largest absolute Gasteiger partial charge is 0.288 e. The molecule has 2 aromatic heterocycles. The van der Waals surface area contributed by atoms with Crippen LogP contribution in [0.4, 0.5) is 0 Å². The van der Waals surface area contributed by atoms with E-state index in [9.17, 15) is 4.79 Å². The molecule has 0 unspecified atom stereocenters. The van der Waals surface area contributed by atoms with E-state index in [1.165, 1.54) is 4.68 Å². The van der Waals surface area contributed by atoms with Gasteiger partial charge >= 0.3 is 0 Å². The molecule has 0 fully saturated rings. The van der Waals surface area contributed by atoms with Crippen molar-refractivity contribution in [1.29, 1.82) is 0 Å². The lowest BCUT2D eigenvalue weighted by Crippen LogP contribution is -2.17. The van der Waals surface area contributed by atoms with Crippen molar-refractivity contribution in [2.75, 3.05) is 0 Å². The summed E-state index contributed by atoms with van der Waals surface area (Å²) in [5.74, 6) is 0.315. The minimum Gasteiger partial charge on any atom is -0.286 e. The van der Waals surface area contributed by atoms with Crippen LogP contribution in [0.2, 0.25) is 0 Å². The summed E-state index contributed by atoms with van der Waals surface area (Å²) in [5, 5.41) is 3.01. The summed E-state index contributed by atoms with van der Waals surface area (Å²) >= 11 is 3.31. The minimum atomic E-state index is -0.218. The van der Waals surface area contributed by atoms with Gasteiger partial charge in [0.15, 0.2) is 0 Å². The third-order valence-corrected chi connectivity index (χ3v) is 3.38. The molecule has 6 heteroatoms. The molecule has 3 aromatic rings. The van der Waals surface area contributed by atoms with E-state index >= 15 is 0 Å². The zero-order valence-corrected chi connectivity index (χ0v) is 11.3. The van der Waals surface area contributed by atoms with Crippen molar-refractivity contribution in [2.45, 2.75) is 0 Å². The van der Waals surface area contributed by atoms with Gasteiger partial charge in [-0.2, -0.15) is 4.68 Å². The fraction of sp³-hybridized carbons (Fsp3) is 0. The number of aromatic amines is 1. The number of nitrogens with one attached hydrogen (secondary N) is 1. The van der Waals surface area contributed by atoms with Crippen LogP contribution in [0.1, 0.15) is 0 Å². The molecular formula is C13H9BrN4O. The van der Waals surface area contributed by atoms with E-state index in [0.717, 1.165) is 5.56 Å². The Hall–Kier alpha value is -2.21. The van der Waals surface area contributed by atoms with Gasteiger partial charge in [-0.25, -0.2) is 9.97 Å². The molecule has 0 bridgehead atoms. The molecule has 0 aliphatic heterocycles. The molecule has 0 radical (unpaired) electrons. The van der Waals surface area contributed by atoms with Gasteiger partial charge in [-0.15, -0.1) is 0 Å². The lowest BCUT2D eigenvalue weighted by atomic mass is 10.2. The summed E-state index contributed by atoms with van der Waals surface area (Å²) in [7, 11) is 0. The Bertz CT molecular complexity index is 749. The van der Waals surface area contributed by atoms with Crippen molar-refractivity contribution < 1.29 is 0 Å². The van der Waals surface area contributed by atoms with Gasteiger partial charge in [-0.1, -0.05) is 30.3 Å². The van der Waals surface area contributed by atoms with E-state index in [0.29, 0.717) is 16.1 Å². The molecule has 0 aliphatic carbocycles. The SMILES string of the molecule is O=c1c(Br)c(-c2ccccc2)[nH]n1-c1ncccn1. The summed E-state index contributed by atoms with van der Waals surface area (Å²) < 4.78 is 1.78. The zero-order valence-electron chi connectivity index (χ0n) is 9.75. The normalized spacial score (nSPS) is 10.6. The molecule has 1 aromatic carbocycles. The van der Waals surface area contributed by atoms with E-state index < -0.39 is 0 Å². The predicted molar refractivity (Wildman–Crippen MR) is 75.1 cm³/mol. The first-order valence-electron chi connectivity index (χ1n) is 5.60. The summed E-state index contributed by atoms with van der Waals surface area (Å²) in [6.07, 6.45) is 3.18. The minimum absolute atomic E-state index is 0.218. The maximum Gasteiger partial charge on any atom is 0.288 e. The standard InChI is InChI=1S/C13H9BrN4O/c14-10-11(9-5-2-1-3-6-9)17-18(12(10)19)13-15-7-4-8-16-13/h1-8,17H. The lowest BCUT2D eigenvalue weighted by molar-refractivity contribution is 0.785. The number of hydrogen-bond acceptors (Lipinski definition) is 3. The monoisotopic (exact) mass is 316 g/mol. The van der Waals surface area contributed by atoms with Crippen molar-refractivity contribution in [2.24, 2.45) is 0 Å². The molecule has 19 heavy (non-hydrogen) atoms. The quantitative estimate of drug-likeness (QED) is 0.789. The van der Waals surface area contributed by atoms with E-state index in [1.807, 2.05) is 30.3 Å². The fourth-order valence-electron chi connectivity index (χ4n) is 1.76. The molecule has 1 N–H and O–H groups in total. The Kier molecular flexibility index (Phi) is 3.00. The van der Waals surface area contributed by atoms with Crippen LogP contribution in [0.5, 0.6) is 0 Å². The summed E-state index contributed by atoms with van der Waals surface area (Å²) in [5.41, 5.74) is 1.41. The Balaban J connectivity index is 2.19. The van der Waals surface area contributed by atoms with Crippen LogP contribution < -0.4 is 5.56 Å². The average Bonchev–Trinajstić information content (AvgIpc) is 2.77. The molecule has 94 valence electrons. The topological polar surface area (TPSA) is 63.6 Å². The van der Waals surface area contributed by atoms with Crippen molar-refractivity contribution in [3.05, 3.63) is 63.6 Å². The number of aromatic nitrogens is 4. The van der Waals surface area contributed by atoms with Crippen LogP contribution in [-0.4, -0.2) is 19.7 Å². The Morgan fingerprint density at radius 3 is 2.42 bits per heavy atom. The van der Waals surface area contributed by atoms with Gasteiger partial charge in [0.2, 0.25) is 0 Å². The summed E-state index contributed by atoms with van der Waals surface area (Å²) in [4.78, 5) is 20.3. The number of rotatable bonds is 2. The molecule has 0 aliphatic rings. The average molecular weight is 317 g/mol. The van der Waals surface area contributed by atoms with Crippen molar-refractivity contribution in [3.63, 3.8) is 0 Å². The fourth-order valence-corrected chi connectivity index (χ4v) is 2.26. The van der Waals surface area contributed by atoms with Crippen LogP contribution >= 0.6 is 15.9 Å². The van der Waals surface area contributed by atoms with Gasteiger partial charge in [0, 0.05) is 18.0 Å². The first-order chi connectivity index (χ1) is 9.27. The summed E-state index contributed by atoms with van der Waals surface area (Å²) in [6, 6.07) is 11.3. The first kappa shape index (κ1) is 11.9.